The first-order valence-corrected chi connectivity index (χ1v) is 6.26. The Kier molecular flexibility index (Phi) is 3.62. The van der Waals surface area contributed by atoms with Crippen molar-refractivity contribution in [2.24, 2.45) is 17.6 Å². The molecule has 3 nitrogen and oxygen atoms in total. The molecule has 2 rings (SSSR count). The van der Waals surface area contributed by atoms with Gasteiger partial charge in [0, 0.05) is 19.0 Å². The summed E-state index contributed by atoms with van der Waals surface area (Å²) in [7, 11) is 0. The Morgan fingerprint density at radius 3 is 2.67 bits per heavy atom. The van der Waals surface area contributed by atoms with Crippen molar-refractivity contribution >= 4 is 5.91 Å². The van der Waals surface area contributed by atoms with Gasteiger partial charge in [-0.3, -0.25) is 4.79 Å². The average molecular weight is 210 g/mol. The van der Waals surface area contributed by atoms with Crippen LogP contribution in [0.1, 0.15) is 44.9 Å². The summed E-state index contributed by atoms with van der Waals surface area (Å²) >= 11 is 0. The summed E-state index contributed by atoms with van der Waals surface area (Å²) in [6, 6.07) is 0.365. The van der Waals surface area contributed by atoms with E-state index in [0.717, 1.165) is 25.8 Å². The van der Waals surface area contributed by atoms with E-state index in [1.807, 2.05) is 0 Å². The van der Waals surface area contributed by atoms with Crippen LogP contribution in [0, 0.1) is 11.8 Å². The highest BCUT2D eigenvalue weighted by Crippen LogP contribution is 2.32. The van der Waals surface area contributed by atoms with Crippen molar-refractivity contribution in [3.05, 3.63) is 0 Å². The molecule has 2 unspecified atom stereocenters. The third-order valence-corrected chi connectivity index (χ3v) is 3.58. The van der Waals surface area contributed by atoms with E-state index >= 15 is 0 Å². The second kappa shape index (κ2) is 4.97. The molecule has 86 valence electrons. The fourth-order valence-electron chi connectivity index (χ4n) is 2.43. The summed E-state index contributed by atoms with van der Waals surface area (Å²) in [6.07, 6.45) is 7.96. The smallest absolute Gasteiger partial charge is 0.220 e. The molecule has 0 spiro atoms. The normalized spacial score (nSPS) is 31.3. The van der Waals surface area contributed by atoms with Gasteiger partial charge in [-0.1, -0.05) is 6.42 Å². The zero-order valence-electron chi connectivity index (χ0n) is 9.37. The molecule has 0 heterocycles. The van der Waals surface area contributed by atoms with Crippen molar-refractivity contribution in [1.82, 2.24) is 5.32 Å². The van der Waals surface area contributed by atoms with Crippen LogP contribution in [-0.4, -0.2) is 18.5 Å². The standard InChI is InChI=1S/C12H22N2O/c13-11-3-1-2-10(6-11)8-14-12(15)7-9-4-5-9/h9-11H,1-8,13H2,(H,14,15). The molecule has 0 bridgehead atoms. The van der Waals surface area contributed by atoms with E-state index in [-0.39, 0.29) is 5.91 Å². The monoisotopic (exact) mass is 210 g/mol. The largest absolute Gasteiger partial charge is 0.356 e. The fourth-order valence-corrected chi connectivity index (χ4v) is 2.43. The first-order valence-electron chi connectivity index (χ1n) is 6.26. The van der Waals surface area contributed by atoms with E-state index in [1.165, 1.54) is 25.7 Å². The van der Waals surface area contributed by atoms with Gasteiger partial charge < -0.3 is 11.1 Å². The Bertz CT molecular complexity index is 226. The van der Waals surface area contributed by atoms with Gasteiger partial charge in [-0.2, -0.15) is 0 Å². The lowest BCUT2D eigenvalue weighted by atomic mass is 9.86. The molecular weight excluding hydrogens is 188 g/mol. The first kappa shape index (κ1) is 10.9. The summed E-state index contributed by atoms with van der Waals surface area (Å²) in [5.74, 6) is 1.56. The minimum Gasteiger partial charge on any atom is -0.356 e. The van der Waals surface area contributed by atoms with Crippen LogP contribution >= 0.6 is 0 Å². The quantitative estimate of drug-likeness (QED) is 0.737. The summed E-state index contributed by atoms with van der Waals surface area (Å²) in [4.78, 5) is 11.5. The Hall–Kier alpha value is -0.570. The molecule has 2 saturated carbocycles. The van der Waals surface area contributed by atoms with Crippen LogP contribution in [0.25, 0.3) is 0 Å². The molecule has 0 radical (unpaired) electrons. The molecule has 2 aliphatic rings. The number of carbonyl (C=O) groups is 1. The lowest BCUT2D eigenvalue weighted by molar-refractivity contribution is -0.121. The summed E-state index contributed by atoms with van der Waals surface area (Å²) in [5.41, 5.74) is 5.91. The van der Waals surface area contributed by atoms with Gasteiger partial charge in [0.15, 0.2) is 0 Å². The highest BCUT2D eigenvalue weighted by atomic mass is 16.1. The summed E-state index contributed by atoms with van der Waals surface area (Å²) < 4.78 is 0. The number of hydrogen-bond donors (Lipinski definition) is 2. The van der Waals surface area contributed by atoms with Crippen LogP contribution in [0.4, 0.5) is 0 Å². The van der Waals surface area contributed by atoms with E-state index in [2.05, 4.69) is 5.32 Å². The third kappa shape index (κ3) is 3.82. The van der Waals surface area contributed by atoms with Crippen molar-refractivity contribution in [3.8, 4) is 0 Å². The van der Waals surface area contributed by atoms with Crippen molar-refractivity contribution in [1.29, 1.82) is 0 Å². The van der Waals surface area contributed by atoms with Crippen LogP contribution in [0.3, 0.4) is 0 Å². The SMILES string of the molecule is NC1CCCC(CNC(=O)CC2CC2)C1. The number of rotatable bonds is 4. The molecule has 2 atom stereocenters. The topological polar surface area (TPSA) is 55.1 Å². The number of nitrogens with one attached hydrogen (secondary N) is 1. The molecule has 3 N–H and O–H groups in total. The highest BCUT2D eigenvalue weighted by molar-refractivity contribution is 5.76. The van der Waals surface area contributed by atoms with Gasteiger partial charge in [0.1, 0.15) is 0 Å². The Morgan fingerprint density at radius 2 is 2.00 bits per heavy atom. The predicted octanol–water partition coefficient (Wildman–Crippen LogP) is 1.42. The molecule has 1 amide bonds. The first-order chi connectivity index (χ1) is 7.24. The van der Waals surface area contributed by atoms with Crippen molar-refractivity contribution in [2.75, 3.05) is 6.54 Å². The second-order valence-electron chi connectivity index (χ2n) is 5.24. The number of carbonyl (C=O) groups excluding carboxylic acids is 1. The zero-order chi connectivity index (χ0) is 10.7. The van der Waals surface area contributed by atoms with Gasteiger partial charge in [0.2, 0.25) is 5.91 Å². The highest BCUT2D eigenvalue weighted by Gasteiger charge is 2.25. The lowest BCUT2D eigenvalue weighted by Crippen LogP contribution is -2.35. The van der Waals surface area contributed by atoms with Gasteiger partial charge in [0.25, 0.3) is 0 Å². The van der Waals surface area contributed by atoms with Gasteiger partial charge in [-0.25, -0.2) is 0 Å². The molecular formula is C12H22N2O. The van der Waals surface area contributed by atoms with Gasteiger partial charge >= 0.3 is 0 Å². The van der Waals surface area contributed by atoms with Crippen LogP contribution < -0.4 is 11.1 Å². The van der Waals surface area contributed by atoms with Crippen LogP contribution in [-0.2, 0) is 4.79 Å². The maximum atomic E-state index is 11.5. The summed E-state index contributed by atoms with van der Waals surface area (Å²) in [5, 5.41) is 3.05. The molecule has 0 aliphatic heterocycles. The predicted molar refractivity (Wildman–Crippen MR) is 60.3 cm³/mol. The Morgan fingerprint density at radius 1 is 1.20 bits per heavy atom. The van der Waals surface area contributed by atoms with Gasteiger partial charge in [-0.05, 0) is 43.9 Å². The molecule has 3 heteroatoms. The van der Waals surface area contributed by atoms with E-state index in [0.29, 0.717) is 17.9 Å². The van der Waals surface area contributed by atoms with E-state index < -0.39 is 0 Å². The Labute approximate surface area is 91.8 Å². The second-order valence-corrected chi connectivity index (χ2v) is 5.24. The lowest BCUT2D eigenvalue weighted by Gasteiger charge is -2.26. The van der Waals surface area contributed by atoms with E-state index in [1.54, 1.807) is 0 Å². The minimum absolute atomic E-state index is 0.247. The van der Waals surface area contributed by atoms with Crippen molar-refractivity contribution in [2.45, 2.75) is 51.0 Å². The van der Waals surface area contributed by atoms with E-state index in [4.69, 9.17) is 5.73 Å². The minimum atomic E-state index is 0.247. The van der Waals surface area contributed by atoms with Crippen LogP contribution in [0.5, 0.6) is 0 Å². The molecule has 0 saturated heterocycles. The third-order valence-electron chi connectivity index (χ3n) is 3.58. The van der Waals surface area contributed by atoms with Crippen molar-refractivity contribution in [3.63, 3.8) is 0 Å². The Balaban J connectivity index is 1.61. The summed E-state index contributed by atoms with van der Waals surface area (Å²) in [6.45, 7) is 0.846. The molecule has 2 fully saturated rings. The molecule has 0 aromatic heterocycles. The van der Waals surface area contributed by atoms with Gasteiger partial charge in [0.05, 0.1) is 0 Å². The molecule has 15 heavy (non-hydrogen) atoms. The fraction of sp³-hybridized carbons (Fsp3) is 0.917. The molecule has 2 aliphatic carbocycles. The van der Waals surface area contributed by atoms with Crippen LogP contribution in [0.15, 0.2) is 0 Å². The van der Waals surface area contributed by atoms with Crippen LogP contribution in [0.2, 0.25) is 0 Å². The number of nitrogens with two attached hydrogens (primary N) is 1. The van der Waals surface area contributed by atoms with E-state index in [9.17, 15) is 4.79 Å². The van der Waals surface area contributed by atoms with Gasteiger partial charge in [-0.15, -0.1) is 0 Å². The zero-order valence-corrected chi connectivity index (χ0v) is 9.37. The molecule has 0 aromatic carbocycles. The average Bonchev–Trinajstić information content (AvgIpc) is 2.99. The molecule has 0 aromatic rings. The number of amides is 1. The maximum Gasteiger partial charge on any atom is 0.220 e. The van der Waals surface area contributed by atoms with Crippen molar-refractivity contribution < 1.29 is 4.79 Å². The maximum absolute atomic E-state index is 11.5. The number of hydrogen-bond acceptors (Lipinski definition) is 2.